The number of aromatic nitrogens is 2. The van der Waals surface area contributed by atoms with E-state index >= 15 is 0 Å². The maximum atomic E-state index is 5.77. The van der Waals surface area contributed by atoms with Gasteiger partial charge in [0.1, 0.15) is 5.75 Å². The summed E-state index contributed by atoms with van der Waals surface area (Å²) in [5.41, 5.74) is 3.40. The van der Waals surface area contributed by atoms with Gasteiger partial charge in [-0.15, -0.1) is 0 Å². The third kappa shape index (κ3) is 2.78. The lowest BCUT2D eigenvalue weighted by atomic mass is 10.0. The van der Waals surface area contributed by atoms with Crippen LogP contribution in [0.1, 0.15) is 18.5 Å². The lowest BCUT2D eigenvalue weighted by Gasteiger charge is -2.30. The molecule has 1 aromatic heterocycles. The molecule has 1 aliphatic rings. The molecule has 0 saturated heterocycles. The number of halogens is 2. The molecule has 0 fully saturated rings. The van der Waals surface area contributed by atoms with E-state index in [0.717, 1.165) is 32.2 Å². The first-order chi connectivity index (χ1) is 11.7. The molecule has 3 nitrogen and oxygen atoms in total. The van der Waals surface area contributed by atoms with E-state index in [1.165, 1.54) is 5.56 Å². The van der Waals surface area contributed by atoms with Crippen molar-refractivity contribution in [2.75, 3.05) is 12.4 Å². The molecular weight excluding hydrogens is 452 g/mol. The molecule has 2 heterocycles. The molecular formula is C18H16Br2N2OS. The van der Waals surface area contributed by atoms with Crippen molar-refractivity contribution in [3.8, 4) is 5.75 Å². The van der Waals surface area contributed by atoms with Crippen molar-refractivity contribution in [3.63, 3.8) is 0 Å². The molecule has 0 N–H and O–H groups in total. The molecule has 0 amide bonds. The highest BCUT2D eigenvalue weighted by atomic mass is 79.9. The summed E-state index contributed by atoms with van der Waals surface area (Å²) in [5.74, 6) is 1.86. The van der Waals surface area contributed by atoms with Crippen LogP contribution in [0.4, 0.5) is 0 Å². The zero-order valence-electron chi connectivity index (χ0n) is 13.1. The fourth-order valence-corrected chi connectivity index (χ4v) is 5.51. The maximum Gasteiger partial charge on any atom is 0.169 e. The Bertz CT molecular complexity index is 882. The standard InChI is InChI=1S/C18H16Br2N2OS/c1-2-23-16-9-15-14(8-12(16)19)21-18-22(15)17(13(20)10-24-18)11-6-4-3-5-7-11/h3-9,13,17H,2,10H2,1H3/t13-,17-/m1/s1. The monoisotopic (exact) mass is 466 g/mol. The first kappa shape index (κ1) is 16.5. The van der Waals surface area contributed by atoms with Gasteiger partial charge in [-0.25, -0.2) is 4.98 Å². The first-order valence-electron chi connectivity index (χ1n) is 7.85. The fourth-order valence-electron chi connectivity index (χ4n) is 3.13. The topological polar surface area (TPSA) is 27.1 Å². The van der Waals surface area contributed by atoms with E-state index < -0.39 is 0 Å². The van der Waals surface area contributed by atoms with Crippen molar-refractivity contribution in [1.29, 1.82) is 0 Å². The van der Waals surface area contributed by atoms with Crippen LogP contribution in [-0.2, 0) is 0 Å². The van der Waals surface area contributed by atoms with Crippen LogP contribution in [0.25, 0.3) is 11.0 Å². The highest BCUT2D eigenvalue weighted by Crippen LogP contribution is 2.43. The Labute approximate surface area is 162 Å². The molecule has 2 aromatic carbocycles. The van der Waals surface area contributed by atoms with Crippen molar-refractivity contribution < 1.29 is 4.74 Å². The second-order valence-electron chi connectivity index (χ2n) is 5.65. The lowest BCUT2D eigenvalue weighted by Crippen LogP contribution is -2.27. The number of nitrogens with zero attached hydrogens (tertiary/aromatic N) is 2. The van der Waals surface area contributed by atoms with Crippen LogP contribution in [0.5, 0.6) is 5.75 Å². The summed E-state index contributed by atoms with van der Waals surface area (Å²) < 4.78 is 9.06. The smallest absolute Gasteiger partial charge is 0.169 e. The Balaban J connectivity index is 1.94. The Kier molecular flexibility index (Phi) is 4.62. The number of hydrogen-bond donors (Lipinski definition) is 0. The molecule has 4 rings (SSSR count). The number of alkyl halides is 1. The molecule has 0 radical (unpaired) electrons. The summed E-state index contributed by atoms with van der Waals surface area (Å²) in [6, 6.07) is 15.0. The summed E-state index contributed by atoms with van der Waals surface area (Å²) >= 11 is 9.27. The average Bonchev–Trinajstić information content (AvgIpc) is 2.93. The van der Waals surface area contributed by atoms with Crippen LogP contribution >= 0.6 is 43.6 Å². The van der Waals surface area contributed by atoms with Crippen molar-refractivity contribution in [3.05, 3.63) is 52.5 Å². The third-order valence-corrected chi connectivity index (χ3v) is 7.09. The van der Waals surface area contributed by atoms with Gasteiger partial charge in [0.25, 0.3) is 0 Å². The molecule has 3 aromatic rings. The van der Waals surface area contributed by atoms with Crippen LogP contribution in [0.2, 0.25) is 0 Å². The highest BCUT2D eigenvalue weighted by Gasteiger charge is 2.32. The van der Waals surface area contributed by atoms with Crippen LogP contribution in [0.3, 0.4) is 0 Å². The molecule has 0 unspecified atom stereocenters. The van der Waals surface area contributed by atoms with E-state index in [2.05, 4.69) is 78.9 Å². The SMILES string of the molecule is CCOc1cc2c(cc1Br)nc1n2[C@H](c2ccccc2)[C@H](Br)CS1. The molecule has 24 heavy (non-hydrogen) atoms. The van der Waals surface area contributed by atoms with Gasteiger partial charge in [0.2, 0.25) is 0 Å². The van der Waals surface area contributed by atoms with E-state index in [9.17, 15) is 0 Å². The van der Waals surface area contributed by atoms with Crippen molar-refractivity contribution in [1.82, 2.24) is 9.55 Å². The fraction of sp³-hybridized carbons (Fsp3) is 0.278. The molecule has 6 heteroatoms. The molecule has 1 aliphatic heterocycles. The Morgan fingerprint density at radius 2 is 2.08 bits per heavy atom. The summed E-state index contributed by atoms with van der Waals surface area (Å²) in [4.78, 5) is 5.20. The van der Waals surface area contributed by atoms with Gasteiger partial charge in [-0.3, -0.25) is 0 Å². The zero-order chi connectivity index (χ0) is 16.7. The zero-order valence-corrected chi connectivity index (χ0v) is 17.1. The number of imidazole rings is 1. The predicted molar refractivity (Wildman–Crippen MR) is 107 cm³/mol. The van der Waals surface area contributed by atoms with E-state index in [0.29, 0.717) is 11.4 Å². The van der Waals surface area contributed by atoms with Crippen molar-refractivity contribution in [2.24, 2.45) is 0 Å². The maximum absolute atomic E-state index is 5.77. The Morgan fingerprint density at radius 3 is 2.83 bits per heavy atom. The summed E-state index contributed by atoms with van der Waals surface area (Å²) in [6.07, 6.45) is 0. The van der Waals surface area contributed by atoms with Gasteiger partial charge >= 0.3 is 0 Å². The van der Waals surface area contributed by atoms with Gasteiger partial charge in [0.05, 0.1) is 28.2 Å². The van der Waals surface area contributed by atoms with E-state index in [-0.39, 0.29) is 6.04 Å². The Morgan fingerprint density at radius 1 is 1.29 bits per heavy atom. The number of rotatable bonds is 3. The van der Waals surface area contributed by atoms with E-state index in [1.54, 1.807) is 11.8 Å². The number of hydrogen-bond acceptors (Lipinski definition) is 3. The van der Waals surface area contributed by atoms with E-state index in [1.807, 2.05) is 6.92 Å². The highest BCUT2D eigenvalue weighted by molar-refractivity contribution is 9.10. The molecule has 124 valence electrons. The van der Waals surface area contributed by atoms with Crippen molar-refractivity contribution in [2.45, 2.75) is 22.9 Å². The molecule has 0 aliphatic carbocycles. The summed E-state index contributed by atoms with van der Waals surface area (Å²) in [7, 11) is 0. The van der Waals surface area contributed by atoms with Gasteiger partial charge in [-0.05, 0) is 34.5 Å². The predicted octanol–water partition coefficient (Wildman–Crippen LogP) is 5.66. The van der Waals surface area contributed by atoms with Crippen molar-refractivity contribution >= 4 is 54.7 Å². The quantitative estimate of drug-likeness (QED) is 0.465. The van der Waals surface area contributed by atoms with Crippen LogP contribution < -0.4 is 4.74 Å². The average molecular weight is 468 g/mol. The van der Waals surface area contributed by atoms with Gasteiger partial charge < -0.3 is 9.30 Å². The molecule has 0 saturated carbocycles. The minimum atomic E-state index is 0.225. The van der Waals surface area contributed by atoms with Crippen LogP contribution in [0.15, 0.2) is 52.1 Å². The number of thioether (sulfide) groups is 1. The van der Waals surface area contributed by atoms with E-state index in [4.69, 9.17) is 9.72 Å². The second-order valence-corrected chi connectivity index (χ2v) is 8.67. The number of fused-ring (bicyclic) bond motifs is 3. The Hall–Kier alpha value is -0.980. The van der Waals surface area contributed by atoms with Crippen LogP contribution in [0, 0.1) is 0 Å². The molecule has 0 spiro atoms. The molecule has 0 bridgehead atoms. The number of ether oxygens (including phenoxy) is 1. The second kappa shape index (κ2) is 6.73. The minimum absolute atomic E-state index is 0.225. The third-order valence-electron chi connectivity index (χ3n) is 4.14. The van der Waals surface area contributed by atoms with Gasteiger partial charge in [0, 0.05) is 16.6 Å². The normalized spacial score (nSPS) is 20.1. The minimum Gasteiger partial charge on any atom is -0.493 e. The number of benzene rings is 2. The van der Waals surface area contributed by atoms with Crippen LogP contribution in [-0.4, -0.2) is 26.7 Å². The largest absolute Gasteiger partial charge is 0.493 e. The van der Waals surface area contributed by atoms with Gasteiger partial charge in [-0.2, -0.15) is 0 Å². The first-order valence-corrected chi connectivity index (χ1v) is 10.5. The summed E-state index contributed by atoms with van der Waals surface area (Å²) in [5, 5.41) is 1.06. The summed E-state index contributed by atoms with van der Waals surface area (Å²) in [6.45, 7) is 2.64. The van der Waals surface area contributed by atoms with Gasteiger partial charge in [-0.1, -0.05) is 58.0 Å². The molecule has 2 atom stereocenters. The van der Waals surface area contributed by atoms with Gasteiger partial charge in [0.15, 0.2) is 5.16 Å². The lowest BCUT2D eigenvalue weighted by molar-refractivity contribution is 0.338.